The van der Waals surface area contributed by atoms with Crippen LogP contribution in [0.4, 0.5) is 5.82 Å². The Kier molecular flexibility index (Phi) is 5.66. The number of hydrogen-bond acceptors (Lipinski definition) is 6. The Labute approximate surface area is 158 Å². The van der Waals surface area contributed by atoms with E-state index in [1.165, 1.54) is 0 Å². The molecule has 0 atom stereocenters. The van der Waals surface area contributed by atoms with E-state index in [2.05, 4.69) is 20.5 Å². The highest BCUT2D eigenvalue weighted by atomic mass is 16.5. The number of phenols is 1. The van der Waals surface area contributed by atoms with E-state index in [-0.39, 0.29) is 5.75 Å². The molecule has 0 fully saturated rings. The van der Waals surface area contributed by atoms with Gasteiger partial charge in [0.15, 0.2) is 11.6 Å². The first kappa shape index (κ1) is 18.4. The van der Waals surface area contributed by atoms with E-state index in [0.717, 1.165) is 16.8 Å². The lowest BCUT2D eigenvalue weighted by Gasteiger charge is -2.10. The van der Waals surface area contributed by atoms with Gasteiger partial charge in [-0.3, -0.25) is 5.43 Å². The maximum absolute atomic E-state index is 10.1. The fourth-order valence-corrected chi connectivity index (χ4v) is 2.51. The molecular weight excluding hydrogens is 340 g/mol. The van der Waals surface area contributed by atoms with Gasteiger partial charge >= 0.3 is 0 Å². The van der Waals surface area contributed by atoms with Gasteiger partial charge in [0.05, 0.1) is 12.8 Å². The van der Waals surface area contributed by atoms with E-state index in [0.29, 0.717) is 29.6 Å². The van der Waals surface area contributed by atoms with Crippen molar-refractivity contribution in [3.63, 3.8) is 0 Å². The van der Waals surface area contributed by atoms with Crippen LogP contribution in [0.5, 0.6) is 11.5 Å². The highest BCUT2D eigenvalue weighted by Crippen LogP contribution is 2.23. The smallest absolute Gasteiger partial charge is 0.161 e. The molecule has 0 saturated carbocycles. The second-order valence-electron chi connectivity index (χ2n) is 6.00. The summed E-state index contributed by atoms with van der Waals surface area (Å²) in [5.41, 5.74) is 6.28. The van der Waals surface area contributed by atoms with Crippen molar-refractivity contribution in [2.45, 2.75) is 20.8 Å². The van der Waals surface area contributed by atoms with Crippen LogP contribution in [0.25, 0.3) is 11.4 Å². The SMILES string of the molecule is CCOc1ccc(C=NNc2nc(-c3ccccc3)nc(C)c2C)c(O)c1. The third-order valence-electron chi connectivity index (χ3n) is 4.11. The van der Waals surface area contributed by atoms with Crippen LogP contribution in [0.1, 0.15) is 23.7 Å². The van der Waals surface area contributed by atoms with Gasteiger partial charge in [0.25, 0.3) is 0 Å². The molecule has 0 aliphatic carbocycles. The van der Waals surface area contributed by atoms with Gasteiger partial charge in [-0.2, -0.15) is 5.10 Å². The van der Waals surface area contributed by atoms with Crippen LogP contribution in [-0.4, -0.2) is 27.9 Å². The molecule has 0 amide bonds. The Hall–Kier alpha value is -3.41. The first-order chi connectivity index (χ1) is 13.1. The largest absolute Gasteiger partial charge is 0.507 e. The third kappa shape index (κ3) is 4.41. The fraction of sp³-hybridized carbons (Fsp3) is 0.190. The zero-order chi connectivity index (χ0) is 19.2. The summed E-state index contributed by atoms with van der Waals surface area (Å²) in [5, 5.41) is 14.3. The summed E-state index contributed by atoms with van der Waals surface area (Å²) in [7, 11) is 0. The quantitative estimate of drug-likeness (QED) is 0.504. The van der Waals surface area contributed by atoms with Crippen LogP contribution in [0.3, 0.4) is 0 Å². The van der Waals surface area contributed by atoms with E-state index in [4.69, 9.17) is 4.74 Å². The Balaban J connectivity index is 1.81. The summed E-state index contributed by atoms with van der Waals surface area (Å²) in [4.78, 5) is 9.13. The normalized spacial score (nSPS) is 10.9. The third-order valence-corrected chi connectivity index (χ3v) is 4.11. The van der Waals surface area contributed by atoms with Gasteiger partial charge in [-0.05, 0) is 32.9 Å². The lowest BCUT2D eigenvalue weighted by molar-refractivity contribution is 0.337. The molecule has 1 heterocycles. The van der Waals surface area contributed by atoms with Gasteiger partial charge in [0, 0.05) is 28.5 Å². The van der Waals surface area contributed by atoms with Crippen LogP contribution in [-0.2, 0) is 0 Å². The first-order valence-electron chi connectivity index (χ1n) is 8.74. The number of phenolic OH excluding ortho intramolecular Hbond substituents is 1. The molecular formula is C21H22N4O2. The Morgan fingerprint density at radius 2 is 1.89 bits per heavy atom. The maximum Gasteiger partial charge on any atom is 0.161 e. The maximum atomic E-state index is 10.1. The summed E-state index contributed by atoms with van der Waals surface area (Å²) in [6.45, 7) is 6.32. The number of aryl methyl sites for hydroxylation is 1. The minimum atomic E-state index is 0.104. The fourth-order valence-electron chi connectivity index (χ4n) is 2.51. The summed E-state index contributed by atoms with van der Waals surface area (Å²) in [6, 6.07) is 14.9. The van der Waals surface area contributed by atoms with Crippen LogP contribution in [0.15, 0.2) is 53.6 Å². The minimum Gasteiger partial charge on any atom is -0.507 e. The van der Waals surface area contributed by atoms with Gasteiger partial charge in [0.2, 0.25) is 0 Å². The van der Waals surface area contributed by atoms with Crippen LogP contribution in [0.2, 0.25) is 0 Å². The van der Waals surface area contributed by atoms with Crippen LogP contribution >= 0.6 is 0 Å². The van der Waals surface area contributed by atoms with E-state index in [9.17, 15) is 5.11 Å². The molecule has 6 nitrogen and oxygen atoms in total. The highest BCUT2D eigenvalue weighted by Gasteiger charge is 2.09. The number of nitrogens with one attached hydrogen (secondary N) is 1. The van der Waals surface area contributed by atoms with Gasteiger partial charge in [0.1, 0.15) is 11.5 Å². The molecule has 2 N–H and O–H groups in total. The van der Waals surface area contributed by atoms with Crippen molar-refractivity contribution in [2.75, 3.05) is 12.0 Å². The molecule has 2 aromatic carbocycles. The molecule has 3 rings (SSSR count). The number of hydrogen-bond donors (Lipinski definition) is 2. The summed E-state index contributed by atoms with van der Waals surface area (Å²) in [5.74, 6) is 1.99. The molecule has 0 aliphatic heterocycles. The average molecular weight is 362 g/mol. The Morgan fingerprint density at radius 1 is 1.11 bits per heavy atom. The second kappa shape index (κ2) is 8.31. The number of aromatic hydroxyl groups is 1. The monoisotopic (exact) mass is 362 g/mol. The van der Waals surface area contributed by atoms with Crippen molar-refractivity contribution in [1.29, 1.82) is 0 Å². The van der Waals surface area contributed by atoms with Crippen LogP contribution in [0, 0.1) is 13.8 Å². The first-order valence-corrected chi connectivity index (χ1v) is 8.74. The van der Waals surface area contributed by atoms with E-state index < -0.39 is 0 Å². The number of aromatic nitrogens is 2. The van der Waals surface area contributed by atoms with Gasteiger partial charge in [-0.1, -0.05) is 30.3 Å². The second-order valence-corrected chi connectivity index (χ2v) is 6.00. The molecule has 1 aromatic heterocycles. The lowest BCUT2D eigenvalue weighted by atomic mass is 10.2. The zero-order valence-electron chi connectivity index (χ0n) is 15.6. The minimum absolute atomic E-state index is 0.104. The van der Waals surface area contributed by atoms with Crippen molar-refractivity contribution in [1.82, 2.24) is 9.97 Å². The topological polar surface area (TPSA) is 79.6 Å². The van der Waals surface area contributed by atoms with Crippen molar-refractivity contribution in [3.05, 3.63) is 65.4 Å². The van der Waals surface area contributed by atoms with E-state index >= 15 is 0 Å². The number of nitrogens with zero attached hydrogens (tertiary/aromatic N) is 3. The zero-order valence-corrected chi connectivity index (χ0v) is 15.6. The highest BCUT2D eigenvalue weighted by molar-refractivity contribution is 5.84. The summed E-state index contributed by atoms with van der Waals surface area (Å²) >= 11 is 0. The number of rotatable bonds is 6. The van der Waals surface area contributed by atoms with Crippen molar-refractivity contribution < 1.29 is 9.84 Å². The number of hydrazone groups is 1. The number of anilines is 1. The van der Waals surface area contributed by atoms with Crippen molar-refractivity contribution >= 4 is 12.0 Å². The molecule has 0 bridgehead atoms. The molecule has 0 unspecified atom stereocenters. The molecule has 0 saturated heterocycles. The molecule has 138 valence electrons. The number of benzene rings is 2. The predicted molar refractivity (Wildman–Crippen MR) is 107 cm³/mol. The lowest BCUT2D eigenvalue weighted by Crippen LogP contribution is -2.03. The van der Waals surface area contributed by atoms with Crippen molar-refractivity contribution in [3.8, 4) is 22.9 Å². The molecule has 0 radical (unpaired) electrons. The molecule has 27 heavy (non-hydrogen) atoms. The van der Waals surface area contributed by atoms with E-state index in [1.54, 1.807) is 24.4 Å². The van der Waals surface area contributed by atoms with Gasteiger partial charge in [-0.15, -0.1) is 0 Å². The van der Waals surface area contributed by atoms with Crippen molar-refractivity contribution in [2.24, 2.45) is 5.10 Å². The molecule has 3 aromatic rings. The van der Waals surface area contributed by atoms with E-state index in [1.807, 2.05) is 51.1 Å². The Morgan fingerprint density at radius 3 is 2.59 bits per heavy atom. The van der Waals surface area contributed by atoms with Crippen LogP contribution < -0.4 is 10.2 Å². The Bertz CT molecular complexity index is 956. The summed E-state index contributed by atoms with van der Waals surface area (Å²) in [6.07, 6.45) is 1.55. The molecule has 0 aliphatic rings. The molecule has 6 heteroatoms. The van der Waals surface area contributed by atoms with Gasteiger partial charge < -0.3 is 9.84 Å². The average Bonchev–Trinajstić information content (AvgIpc) is 2.67. The summed E-state index contributed by atoms with van der Waals surface area (Å²) < 4.78 is 5.36. The molecule has 0 spiro atoms. The number of ether oxygens (including phenoxy) is 1. The van der Waals surface area contributed by atoms with Gasteiger partial charge in [-0.25, -0.2) is 9.97 Å². The predicted octanol–water partition coefficient (Wildman–Crippen LogP) is 4.31. The standard InChI is InChI=1S/C21H22N4O2/c1-4-27-18-11-10-17(19(26)12-18)13-22-25-20-14(2)15(3)23-21(24-20)16-8-6-5-7-9-16/h5-13,26H,4H2,1-3H3,(H,23,24,25).